The van der Waals surface area contributed by atoms with E-state index in [1.807, 2.05) is 30.3 Å². The lowest BCUT2D eigenvalue weighted by atomic mass is 9.92. The zero-order valence-corrected chi connectivity index (χ0v) is 16.6. The largest absolute Gasteiger partial charge is 0.506 e. The van der Waals surface area contributed by atoms with Crippen LogP contribution in [-0.2, 0) is 9.53 Å². The smallest absolute Gasteiger partial charge is 0.338 e. The summed E-state index contributed by atoms with van der Waals surface area (Å²) in [5, 5.41) is 17.2. The summed E-state index contributed by atoms with van der Waals surface area (Å²) >= 11 is 17.5. The summed E-state index contributed by atoms with van der Waals surface area (Å²) in [5.74, 6) is -0.725. The number of aromatic hydroxyl groups is 1. The van der Waals surface area contributed by atoms with Gasteiger partial charge < -0.3 is 20.5 Å². The van der Waals surface area contributed by atoms with E-state index in [0.717, 1.165) is 5.56 Å². The van der Waals surface area contributed by atoms with Gasteiger partial charge in [0.1, 0.15) is 5.75 Å². The van der Waals surface area contributed by atoms with E-state index in [1.165, 1.54) is 12.1 Å². The van der Waals surface area contributed by atoms with Crippen molar-refractivity contribution in [3.05, 3.63) is 69.2 Å². The highest BCUT2D eigenvalue weighted by Crippen LogP contribution is 2.40. The van der Waals surface area contributed by atoms with E-state index in [9.17, 15) is 9.90 Å². The quantitative estimate of drug-likeness (QED) is 0.506. The zero-order valence-electron chi connectivity index (χ0n) is 14.3. The van der Waals surface area contributed by atoms with Gasteiger partial charge >= 0.3 is 5.97 Å². The van der Waals surface area contributed by atoms with Crippen molar-refractivity contribution in [1.29, 1.82) is 0 Å². The van der Waals surface area contributed by atoms with Crippen molar-refractivity contribution in [2.75, 3.05) is 6.61 Å². The van der Waals surface area contributed by atoms with E-state index in [0.29, 0.717) is 21.4 Å². The molecule has 5 nitrogen and oxygen atoms in total. The van der Waals surface area contributed by atoms with Gasteiger partial charge in [0.05, 0.1) is 28.9 Å². The standard InChI is InChI=1S/C19H16Cl2N2O3S/c1-2-26-18(25)14-15(10-6-4-3-5-7-10)22-19(27)23-16(14)12-8-11(20)9-13(21)17(12)24/h3-9,16,24H,2H2,1H3,(H2,22,23,27)/t16-/m1/s1. The van der Waals surface area contributed by atoms with E-state index in [2.05, 4.69) is 10.6 Å². The second kappa shape index (κ2) is 8.17. The first kappa shape index (κ1) is 19.5. The number of hydrogen-bond donors (Lipinski definition) is 3. The second-order valence-corrected chi connectivity index (χ2v) is 6.98. The molecule has 1 aliphatic rings. The fraction of sp³-hybridized carbons (Fsp3) is 0.158. The number of benzene rings is 2. The van der Waals surface area contributed by atoms with E-state index < -0.39 is 12.0 Å². The number of phenols is 1. The van der Waals surface area contributed by atoms with Gasteiger partial charge in [0.25, 0.3) is 0 Å². The predicted octanol–water partition coefficient (Wildman–Crippen LogP) is 4.19. The van der Waals surface area contributed by atoms with Gasteiger partial charge in [-0.25, -0.2) is 4.79 Å². The van der Waals surface area contributed by atoms with Crippen LogP contribution in [0.1, 0.15) is 24.1 Å². The number of halogens is 2. The molecule has 8 heteroatoms. The average molecular weight is 423 g/mol. The van der Waals surface area contributed by atoms with Crippen LogP contribution in [0, 0.1) is 0 Å². The first-order valence-electron chi connectivity index (χ1n) is 8.14. The van der Waals surface area contributed by atoms with Crippen molar-refractivity contribution in [2.45, 2.75) is 13.0 Å². The van der Waals surface area contributed by atoms with Crippen LogP contribution in [0.15, 0.2) is 48.0 Å². The first-order valence-corrected chi connectivity index (χ1v) is 9.31. The van der Waals surface area contributed by atoms with Gasteiger partial charge in [-0.15, -0.1) is 0 Å². The summed E-state index contributed by atoms with van der Waals surface area (Å²) < 4.78 is 5.25. The molecular formula is C19H16Cl2N2O3S. The Labute approximate surface area is 171 Å². The summed E-state index contributed by atoms with van der Waals surface area (Å²) in [6.07, 6.45) is 0. The number of phenolic OH excluding ortho intramolecular Hbond substituents is 1. The van der Waals surface area contributed by atoms with E-state index in [1.54, 1.807) is 6.92 Å². The molecule has 1 aliphatic heterocycles. The summed E-state index contributed by atoms with van der Waals surface area (Å²) in [6.45, 7) is 1.92. The molecule has 0 radical (unpaired) electrons. The molecule has 0 spiro atoms. The Balaban J connectivity index is 2.25. The molecule has 2 aromatic carbocycles. The van der Waals surface area contributed by atoms with Crippen LogP contribution in [0.5, 0.6) is 5.75 Å². The summed E-state index contributed by atoms with van der Waals surface area (Å²) in [4.78, 5) is 12.8. The van der Waals surface area contributed by atoms with Crippen molar-refractivity contribution in [3.63, 3.8) is 0 Å². The van der Waals surface area contributed by atoms with Crippen LogP contribution in [-0.4, -0.2) is 22.8 Å². The summed E-state index contributed by atoms with van der Waals surface area (Å²) in [5.41, 5.74) is 1.85. The molecule has 0 aromatic heterocycles. The Morgan fingerprint density at radius 1 is 1.26 bits per heavy atom. The van der Waals surface area contributed by atoms with E-state index in [4.69, 9.17) is 40.2 Å². The number of esters is 1. The van der Waals surface area contributed by atoms with Crippen molar-refractivity contribution in [1.82, 2.24) is 10.6 Å². The number of carbonyl (C=O) groups excluding carboxylic acids is 1. The summed E-state index contributed by atoms with van der Waals surface area (Å²) in [6, 6.07) is 11.4. The Morgan fingerprint density at radius 2 is 1.96 bits per heavy atom. The van der Waals surface area contributed by atoms with Crippen molar-refractivity contribution >= 4 is 52.2 Å². The third kappa shape index (κ3) is 4.03. The minimum absolute atomic E-state index is 0.0771. The lowest BCUT2D eigenvalue weighted by Crippen LogP contribution is -2.45. The highest BCUT2D eigenvalue weighted by Gasteiger charge is 2.35. The Hall–Kier alpha value is -2.28. The number of hydrogen-bond acceptors (Lipinski definition) is 4. The minimum Gasteiger partial charge on any atom is -0.506 e. The molecule has 140 valence electrons. The van der Waals surface area contributed by atoms with Gasteiger partial charge in [0.2, 0.25) is 0 Å². The molecule has 1 atom stereocenters. The molecule has 3 rings (SSSR count). The topological polar surface area (TPSA) is 70.6 Å². The van der Waals surface area contributed by atoms with Gasteiger partial charge in [-0.1, -0.05) is 53.5 Å². The zero-order chi connectivity index (χ0) is 19.6. The number of nitrogens with one attached hydrogen (secondary N) is 2. The lowest BCUT2D eigenvalue weighted by Gasteiger charge is -2.31. The second-order valence-electron chi connectivity index (χ2n) is 5.73. The fourth-order valence-electron chi connectivity index (χ4n) is 2.86. The maximum atomic E-state index is 12.8. The van der Waals surface area contributed by atoms with Crippen molar-refractivity contribution in [3.8, 4) is 5.75 Å². The first-order chi connectivity index (χ1) is 12.9. The van der Waals surface area contributed by atoms with Gasteiger partial charge in [-0.3, -0.25) is 0 Å². The fourth-order valence-corrected chi connectivity index (χ4v) is 3.59. The lowest BCUT2D eigenvalue weighted by molar-refractivity contribution is -0.138. The Morgan fingerprint density at radius 3 is 2.63 bits per heavy atom. The van der Waals surface area contributed by atoms with Gasteiger partial charge in [0, 0.05) is 10.6 Å². The van der Waals surface area contributed by atoms with E-state index >= 15 is 0 Å². The normalized spacial score (nSPS) is 16.6. The Kier molecular flexibility index (Phi) is 5.89. The number of carbonyl (C=O) groups is 1. The Bertz CT molecular complexity index is 932. The van der Waals surface area contributed by atoms with Gasteiger partial charge in [0.15, 0.2) is 5.11 Å². The molecular weight excluding hydrogens is 407 g/mol. The molecule has 0 bridgehead atoms. The van der Waals surface area contributed by atoms with Crippen LogP contribution in [0.25, 0.3) is 5.70 Å². The van der Waals surface area contributed by atoms with Gasteiger partial charge in [-0.05, 0) is 36.8 Å². The average Bonchev–Trinajstić information content (AvgIpc) is 2.64. The molecule has 0 saturated heterocycles. The monoisotopic (exact) mass is 422 g/mol. The third-order valence-corrected chi connectivity index (χ3v) is 4.72. The van der Waals surface area contributed by atoms with Crippen molar-refractivity contribution in [2.24, 2.45) is 0 Å². The molecule has 3 N–H and O–H groups in total. The van der Waals surface area contributed by atoms with E-state index in [-0.39, 0.29) is 23.0 Å². The summed E-state index contributed by atoms with van der Waals surface area (Å²) in [7, 11) is 0. The molecule has 0 unspecified atom stereocenters. The molecule has 1 heterocycles. The number of rotatable bonds is 4. The van der Waals surface area contributed by atoms with Crippen LogP contribution in [0.2, 0.25) is 10.0 Å². The highest BCUT2D eigenvalue weighted by molar-refractivity contribution is 7.80. The molecule has 27 heavy (non-hydrogen) atoms. The van der Waals surface area contributed by atoms with Crippen LogP contribution >= 0.6 is 35.4 Å². The van der Waals surface area contributed by atoms with Crippen LogP contribution in [0.4, 0.5) is 0 Å². The highest BCUT2D eigenvalue weighted by atomic mass is 35.5. The maximum absolute atomic E-state index is 12.8. The predicted molar refractivity (Wildman–Crippen MR) is 110 cm³/mol. The maximum Gasteiger partial charge on any atom is 0.338 e. The molecule has 0 saturated carbocycles. The van der Waals surface area contributed by atoms with Gasteiger partial charge in [-0.2, -0.15) is 0 Å². The third-order valence-electron chi connectivity index (χ3n) is 4.00. The molecule has 0 amide bonds. The SMILES string of the molecule is CCOC(=O)C1=C(c2ccccc2)NC(=S)N[C@@H]1c1cc(Cl)cc(Cl)c1O. The number of ether oxygens (including phenoxy) is 1. The van der Waals surface area contributed by atoms with Crippen LogP contribution in [0.3, 0.4) is 0 Å². The molecule has 2 aromatic rings. The van der Waals surface area contributed by atoms with Crippen molar-refractivity contribution < 1.29 is 14.6 Å². The molecule has 0 aliphatic carbocycles. The van der Waals surface area contributed by atoms with Crippen LogP contribution < -0.4 is 10.6 Å². The molecule has 0 fully saturated rings. The minimum atomic E-state index is -0.788. The number of thiocarbonyl (C=S) groups is 1.